The summed E-state index contributed by atoms with van der Waals surface area (Å²) in [5, 5.41) is 0. The zero-order valence-corrected chi connectivity index (χ0v) is 17.4. The van der Waals surface area contributed by atoms with Crippen LogP contribution >= 0.6 is 0 Å². The fourth-order valence-corrected chi connectivity index (χ4v) is 6.23. The molecule has 0 unspecified atom stereocenters. The van der Waals surface area contributed by atoms with Crippen LogP contribution in [0.3, 0.4) is 0 Å². The summed E-state index contributed by atoms with van der Waals surface area (Å²) in [4.78, 5) is 0. The molecule has 0 aliphatic heterocycles. The van der Waals surface area contributed by atoms with Crippen molar-refractivity contribution in [3.05, 3.63) is 35.5 Å². The Morgan fingerprint density at radius 2 is 1.76 bits per heavy atom. The zero-order chi connectivity index (χ0) is 18.2. The molecule has 0 heterocycles. The van der Waals surface area contributed by atoms with Gasteiger partial charge in [0.15, 0.2) is 0 Å². The van der Waals surface area contributed by atoms with Gasteiger partial charge in [0.05, 0.1) is 0 Å². The van der Waals surface area contributed by atoms with Crippen LogP contribution in [0.25, 0.3) is 0 Å². The molecule has 25 heavy (non-hydrogen) atoms. The lowest BCUT2D eigenvalue weighted by Gasteiger charge is -2.35. The molecule has 3 aliphatic carbocycles. The van der Waals surface area contributed by atoms with Crippen LogP contribution in [0.1, 0.15) is 86.0 Å². The van der Waals surface area contributed by atoms with Crippen molar-refractivity contribution in [2.24, 2.45) is 35.0 Å². The molecule has 0 saturated heterocycles. The fraction of sp³-hybridized carbons (Fsp3) is 0.760. The molecule has 0 N–H and O–H groups in total. The Bertz CT molecular complexity index is 561. The maximum Gasteiger partial charge on any atom is -0.0137 e. The third-order valence-electron chi connectivity index (χ3n) is 8.15. The molecule has 0 amide bonds. The lowest BCUT2D eigenvalue weighted by molar-refractivity contribution is 0.169. The van der Waals surface area contributed by atoms with Crippen LogP contribution in [-0.4, -0.2) is 0 Å². The van der Waals surface area contributed by atoms with Gasteiger partial charge in [0.1, 0.15) is 0 Å². The number of rotatable bonds is 1. The second-order valence-electron chi connectivity index (χ2n) is 10.1. The summed E-state index contributed by atoms with van der Waals surface area (Å²) in [5.74, 6) is 4.08. The van der Waals surface area contributed by atoms with Gasteiger partial charge in [-0.15, -0.1) is 0 Å². The van der Waals surface area contributed by atoms with Crippen LogP contribution in [0.15, 0.2) is 35.5 Å². The Balaban J connectivity index is 1.91. The standard InChI is InChI=1S/C25H40/c1-17(2)21-14-16-25(6)15-13-18(3)7-10-22-19(4)8-11-23(22)20(5)9-12-24(21)25/h9,13,17,21-24H,4,7-8,10-12,14-16H2,1-3,5-6H3/b18-13-,20-9-/t21-,22+,23+,24+,25+/m1/s1. The normalized spacial score (nSPS) is 44.2. The van der Waals surface area contributed by atoms with Crippen LogP contribution in [0.4, 0.5) is 0 Å². The van der Waals surface area contributed by atoms with Crippen LogP contribution in [0.2, 0.25) is 0 Å². The van der Waals surface area contributed by atoms with Gasteiger partial charge >= 0.3 is 0 Å². The maximum absolute atomic E-state index is 4.42. The summed E-state index contributed by atoms with van der Waals surface area (Å²) in [6.07, 6.45) is 15.8. The van der Waals surface area contributed by atoms with E-state index in [1.807, 2.05) is 0 Å². The minimum atomic E-state index is 0.505. The highest BCUT2D eigenvalue weighted by molar-refractivity contribution is 5.20. The number of hydrogen-bond donors (Lipinski definition) is 0. The Hall–Kier alpha value is -0.780. The molecule has 0 aromatic heterocycles. The zero-order valence-electron chi connectivity index (χ0n) is 17.4. The predicted molar refractivity (Wildman–Crippen MR) is 110 cm³/mol. The van der Waals surface area contributed by atoms with E-state index in [0.29, 0.717) is 5.41 Å². The van der Waals surface area contributed by atoms with Gasteiger partial charge in [-0.2, -0.15) is 0 Å². The Labute approximate surface area is 156 Å². The summed E-state index contributed by atoms with van der Waals surface area (Å²) in [6.45, 7) is 16.7. The van der Waals surface area contributed by atoms with Crippen LogP contribution in [0, 0.1) is 35.0 Å². The Kier molecular flexibility index (Phi) is 5.66. The smallest absolute Gasteiger partial charge is 0.0137 e. The first-order chi connectivity index (χ1) is 11.8. The van der Waals surface area contributed by atoms with Crippen molar-refractivity contribution in [1.29, 1.82) is 0 Å². The van der Waals surface area contributed by atoms with Crippen molar-refractivity contribution in [1.82, 2.24) is 0 Å². The summed E-state index contributed by atoms with van der Waals surface area (Å²) < 4.78 is 0. The van der Waals surface area contributed by atoms with Crippen LogP contribution < -0.4 is 0 Å². The molecule has 0 bridgehead atoms. The highest BCUT2D eigenvalue weighted by Gasteiger charge is 2.44. The van der Waals surface area contributed by atoms with E-state index < -0.39 is 0 Å². The quantitative estimate of drug-likeness (QED) is 0.428. The fourth-order valence-electron chi connectivity index (χ4n) is 6.23. The van der Waals surface area contributed by atoms with Crippen molar-refractivity contribution in [3.63, 3.8) is 0 Å². The van der Waals surface area contributed by atoms with E-state index in [1.165, 1.54) is 56.9 Å². The first-order valence-corrected chi connectivity index (χ1v) is 10.8. The summed E-state index contributed by atoms with van der Waals surface area (Å²) in [6, 6.07) is 0. The molecule has 0 spiro atoms. The van der Waals surface area contributed by atoms with Crippen LogP contribution in [0.5, 0.6) is 0 Å². The molecule has 2 fully saturated rings. The molecular formula is C25H40. The van der Waals surface area contributed by atoms with E-state index in [2.05, 4.69) is 53.3 Å². The average molecular weight is 341 g/mol. The molecule has 0 aromatic carbocycles. The Morgan fingerprint density at radius 3 is 2.48 bits per heavy atom. The van der Waals surface area contributed by atoms with E-state index in [0.717, 1.165) is 29.6 Å². The first-order valence-electron chi connectivity index (χ1n) is 10.8. The van der Waals surface area contributed by atoms with Crippen molar-refractivity contribution in [2.45, 2.75) is 86.0 Å². The van der Waals surface area contributed by atoms with E-state index in [4.69, 9.17) is 0 Å². The lowest BCUT2D eigenvalue weighted by Crippen LogP contribution is -2.27. The van der Waals surface area contributed by atoms with E-state index in [1.54, 1.807) is 11.1 Å². The second kappa shape index (κ2) is 7.45. The first kappa shape index (κ1) is 19.0. The molecule has 0 nitrogen and oxygen atoms in total. The molecule has 0 aromatic rings. The van der Waals surface area contributed by atoms with Gasteiger partial charge < -0.3 is 0 Å². The van der Waals surface area contributed by atoms with Gasteiger partial charge in [-0.05, 0) is 100 Å². The van der Waals surface area contributed by atoms with Gasteiger partial charge in [0.25, 0.3) is 0 Å². The summed E-state index contributed by atoms with van der Waals surface area (Å²) in [7, 11) is 0. The van der Waals surface area contributed by atoms with Crippen molar-refractivity contribution >= 4 is 0 Å². The largest absolute Gasteiger partial charge is 0.0996 e. The lowest BCUT2D eigenvalue weighted by atomic mass is 9.69. The molecule has 3 aliphatic rings. The van der Waals surface area contributed by atoms with Crippen LogP contribution in [-0.2, 0) is 0 Å². The Morgan fingerprint density at radius 1 is 1.04 bits per heavy atom. The monoisotopic (exact) mass is 340 g/mol. The SMILES string of the molecule is C=C1CC[C@H]2/C(C)=C\C[C@H]3[C@@H](C(C)C)CC[C@]3(C)C/C=C(/C)CC[C@@H]12. The molecule has 2 saturated carbocycles. The molecule has 0 heteroatoms. The number of fused-ring (bicyclic) bond motifs is 2. The van der Waals surface area contributed by atoms with E-state index in [-0.39, 0.29) is 0 Å². The van der Waals surface area contributed by atoms with Crippen molar-refractivity contribution in [3.8, 4) is 0 Å². The third-order valence-corrected chi connectivity index (χ3v) is 8.15. The van der Waals surface area contributed by atoms with Crippen molar-refractivity contribution in [2.75, 3.05) is 0 Å². The molecular weight excluding hydrogens is 300 g/mol. The minimum absolute atomic E-state index is 0.505. The highest BCUT2D eigenvalue weighted by Crippen LogP contribution is 2.54. The van der Waals surface area contributed by atoms with Gasteiger partial charge in [0.2, 0.25) is 0 Å². The van der Waals surface area contributed by atoms with Crippen molar-refractivity contribution < 1.29 is 0 Å². The maximum atomic E-state index is 4.42. The second-order valence-corrected chi connectivity index (χ2v) is 10.1. The summed E-state index contributed by atoms with van der Waals surface area (Å²) in [5.41, 5.74) is 5.31. The van der Waals surface area contributed by atoms with E-state index >= 15 is 0 Å². The van der Waals surface area contributed by atoms with Gasteiger partial charge in [-0.3, -0.25) is 0 Å². The van der Waals surface area contributed by atoms with Gasteiger partial charge in [0, 0.05) is 0 Å². The van der Waals surface area contributed by atoms with E-state index in [9.17, 15) is 0 Å². The molecule has 3 rings (SSSR count). The third kappa shape index (κ3) is 3.83. The van der Waals surface area contributed by atoms with Gasteiger partial charge in [-0.25, -0.2) is 0 Å². The average Bonchev–Trinajstić information content (AvgIpc) is 3.09. The number of allylic oxidation sites excluding steroid dienone is 5. The minimum Gasteiger partial charge on any atom is -0.0996 e. The highest BCUT2D eigenvalue weighted by atomic mass is 14.5. The number of hydrogen-bond acceptors (Lipinski definition) is 0. The summed E-state index contributed by atoms with van der Waals surface area (Å²) >= 11 is 0. The topological polar surface area (TPSA) is 0 Å². The molecule has 0 radical (unpaired) electrons. The molecule has 140 valence electrons. The van der Waals surface area contributed by atoms with Gasteiger partial charge in [-0.1, -0.05) is 56.2 Å². The molecule has 5 atom stereocenters. The predicted octanol–water partition coefficient (Wildman–Crippen LogP) is 7.72.